The maximum Gasteiger partial charge on any atom is 0.233 e. The zero-order valence-corrected chi connectivity index (χ0v) is 17.1. The Morgan fingerprint density at radius 1 is 1.08 bits per heavy atom. The summed E-state index contributed by atoms with van der Waals surface area (Å²) in [6.07, 6.45) is 0.776. The molecule has 0 aromatic heterocycles. The average molecular weight is 376 g/mol. The van der Waals surface area contributed by atoms with Crippen LogP contribution in [0.15, 0.2) is 41.3 Å². The van der Waals surface area contributed by atoms with E-state index in [-0.39, 0.29) is 17.2 Å². The second-order valence-electron chi connectivity index (χ2n) is 6.49. The average Bonchev–Trinajstić information content (AvgIpc) is 2.57. The molecule has 0 aliphatic rings. The predicted molar refractivity (Wildman–Crippen MR) is 109 cm³/mol. The molecule has 0 radical (unpaired) electrons. The van der Waals surface area contributed by atoms with Crippen LogP contribution >= 0.6 is 23.4 Å². The molecule has 0 saturated carbocycles. The molecule has 0 heterocycles. The molecule has 1 N–H and O–H groups in total. The van der Waals surface area contributed by atoms with Crippen molar-refractivity contribution in [1.29, 1.82) is 0 Å². The third kappa shape index (κ3) is 5.26. The fourth-order valence-corrected chi connectivity index (χ4v) is 3.92. The van der Waals surface area contributed by atoms with Crippen molar-refractivity contribution in [2.75, 3.05) is 0 Å². The van der Waals surface area contributed by atoms with E-state index >= 15 is 0 Å². The van der Waals surface area contributed by atoms with E-state index in [9.17, 15) is 4.79 Å². The van der Waals surface area contributed by atoms with Gasteiger partial charge in [-0.15, -0.1) is 11.8 Å². The largest absolute Gasteiger partial charge is 0.349 e. The number of amides is 1. The van der Waals surface area contributed by atoms with Gasteiger partial charge in [-0.05, 0) is 80.6 Å². The van der Waals surface area contributed by atoms with Crippen molar-refractivity contribution in [3.63, 3.8) is 0 Å². The van der Waals surface area contributed by atoms with Gasteiger partial charge in [0, 0.05) is 9.92 Å². The monoisotopic (exact) mass is 375 g/mol. The number of hydrogen-bond acceptors (Lipinski definition) is 2. The van der Waals surface area contributed by atoms with Gasteiger partial charge in [0.25, 0.3) is 0 Å². The number of carbonyl (C=O) groups is 1. The first-order valence-corrected chi connectivity index (χ1v) is 9.88. The molecule has 4 heteroatoms. The first-order valence-electron chi connectivity index (χ1n) is 8.62. The molecule has 25 heavy (non-hydrogen) atoms. The van der Waals surface area contributed by atoms with Crippen LogP contribution in [0.5, 0.6) is 0 Å². The van der Waals surface area contributed by atoms with E-state index in [1.165, 1.54) is 22.3 Å². The van der Waals surface area contributed by atoms with E-state index < -0.39 is 0 Å². The summed E-state index contributed by atoms with van der Waals surface area (Å²) in [5.74, 6) is 0.0765. The highest BCUT2D eigenvalue weighted by Gasteiger charge is 2.21. The standard InChI is InChI=1S/C21H26ClNOS/c1-6-20(25-18-9-7-17(22)8-10-18)21(24)23-16(5)19-12-14(3)13(2)11-15(19)4/h7-12,16,20H,6H2,1-5H3,(H,23,24)/t16-,20-/m0/s1. The first kappa shape index (κ1) is 19.9. The van der Waals surface area contributed by atoms with Crippen LogP contribution in [0.25, 0.3) is 0 Å². The number of hydrogen-bond donors (Lipinski definition) is 1. The summed E-state index contributed by atoms with van der Waals surface area (Å²) in [4.78, 5) is 13.8. The number of thioether (sulfide) groups is 1. The number of aryl methyl sites for hydroxylation is 3. The fraction of sp³-hybridized carbons (Fsp3) is 0.381. The summed E-state index contributed by atoms with van der Waals surface area (Å²) >= 11 is 7.51. The Hall–Kier alpha value is -1.45. The topological polar surface area (TPSA) is 29.1 Å². The lowest BCUT2D eigenvalue weighted by molar-refractivity contribution is -0.121. The Labute approximate surface area is 160 Å². The van der Waals surface area contributed by atoms with Crippen LogP contribution in [0, 0.1) is 20.8 Å². The Kier molecular flexibility index (Phi) is 6.97. The van der Waals surface area contributed by atoms with Gasteiger partial charge in [0.15, 0.2) is 0 Å². The van der Waals surface area contributed by atoms with Crippen LogP contribution in [0.4, 0.5) is 0 Å². The summed E-state index contributed by atoms with van der Waals surface area (Å²) in [6, 6.07) is 12.0. The molecule has 0 aliphatic carbocycles. The highest BCUT2D eigenvalue weighted by atomic mass is 35.5. The quantitative estimate of drug-likeness (QED) is 0.626. The highest BCUT2D eigenvalue weighted by molar-refractivity contribution is 8.00. The number of halogens is 1. The fourth-order valence-electron chi connectivity index (χ4n) is 2.83. The van der Waals surface area contributed by atoms with Crippen LogP contribution in [0.3, 0.4) is 0 Å². The SMILES string of the molecule is CC[C@H](Sc1ccc(Cl)cc1)C(=O)N[C@@H](C)c1cc(C)c(C)cc1C. The lowest BCUT2D eigenvalue weighted by Crippen LogP contribution is -2.34. The van der Waals surface area contributed by atoms with Gasteiger partial charge >= 0.3 is 0 Å². The van der Waals surface area contributed by atoms with Gasteiger partial charge in [-0.3, -0.25) is 4.79 Å². The van der Waals surface area contributed by atoms with Gasteiger partial charge in [-0.1, -0.05) is 30.7 Å². The van der Waals surface area contributed by atoms with Gasteiger partial charge in [0.05, 0.1) is 11.3 Å². The minimum Gasteiger partial charge on any atom is -0.349 e. The van der Waals surface area contributed by atoms with E-state index in [0.29, 0.717) is 5.02 Å². The lowest BCUT2D eigenvalue weighted by atomic mass is 9.96. The third-order valence-corrected chi connectivity index (χ3v) is 6.09. The van der Waals surface area contributed by atoms with Gasteiger partial charge in [0.2, 0.25) is 5.91 Å². The molecule has 0 spiro atoms. The van der Waals surface area contributed by atoms with E-state index in [2.05, 4.69) is 45.1 Å². The maximum atomic E-state index is 12.7. The Morgan fingerprint density at radius 2 is 1.68 bits per heavy atom. The van der Waals surface area contributed by atoms with E-state index in [4.69, 9.17) is 11.6 Å². The molecule has 2 nitrogen and oxygen atoms in total. The molecule has 2 aromatic carbocycles. The second-order valence-corrected chi connectivity index (χ2v) is 8.20. The smallest absolute Gasteiger partial charge is 0.233 e. The Morgan fingerprint density at radius 3 is 2.28 bits per heavy atom. The number of benzene rings is 2. The number of nitrogens with one attached hydrogen (secondary N) is 1. The first-order chi connectivity index (χ1) is 11.8. The van der Waals surface area contributed by atoms with E-state index in [1.54, 1.807) is 11.8 Å². The molecule has 1 amide bonds. The van der Waals surface area contributed by atoms with Crippen molar-refractivity contribution < 1.29 is 4.79 Å². The zero-order chi connectivity index (χ0) is 18.6. The van der Waals surface area contributed by atoms with Gasteiger partial charge in [-0.25, -0.2) is 0 Å². The summed E-state index contributed by atoms with van der Waals surface area (Å²) in [5, 5.41) is 3.77. The molecule has 2 rings (SSSR count). The van der Waals surface area contributed by atoms with Crippen LogP contribution in [-0.4, -0.2) is 11.2 Å². The predicted octanol–water partition coefficient (Wildman–Crippen LogP) is 6.01. The molecule has 0 fully saturated rings. The molecule has 0 bridgehead atoms. The Bertz CT molecular complexity index is 742. The van der Waals surface area contributed by atoms with Crippen molar-refractivity contribution in [2.24, 2.45) is 0 Å². The molecular weight excluding hydrogens is 350 g/mol. The summed E-state index contributed by atoms with van der Waals surface area (Å²) < 4.78 is 0. The molecule has 2 aromatic rings. The van der Waals surface area contributed by atoms with Crippen molar-refractivity contribution in [1.82, 2.24) is 5.32 Å². The van der Waals surface area contributed by atoms with Crippen LogP contribution < -0.4 is 5.32 Å². The van der Waals surface area contributed by atoms with Crippen LogP contribution in [0.1, 0.15) is 48.6 Å². The summed E-state index contributed by atoms with van der Waals surface area (Å²) in [5.41, 5.74) is 4.94. The molecule has 134 valence electrons. The molecular formula is C21H26ClNOS. The van der Waals surface area contributed by atoms with Crippen molar-refractivity contribution in [3.8, 4) is 0 Å². The minimum absolute atomic E-state index is 0.00771. The second kappa shape index (κ2) is 8.77. The van der Waals surface area contributed by atoms with Gasteiger partial charge in [-0.2, -0.15) is 0 Å². The summed E-state index contributed by atoms with van der Waals surface area (Å²) in [7, 11) is 0. The van der Waals surface area contributed by atoms with Crippen LogP contribution in [0.2, 0.25) is 5.02 Å². The number of carbonyl (C=O) groups excluding carboxylic acids is 1. The van der Waals surface area contributed by atoms with Crippen molar-refractivity contribution in [2.45, 2.75) is 57.2 Å². The molecule has 0 aliphatic heterocycles. The zero-order valence-electron chi connectivity index (χ0n) is 15.5. The number of rotatable bonds is 6. The third-order valence-electron chi connectivity index (χ3n) is 4.46. The minimum atomic E-state index is -0.115. The van der Waals surface area contributed by atoms with Crippen molar-refractivity contribution in [3.05, 3.63) is 63.7 Å². The summed E-state index contributed by atoms with van der Waals surface area (Å²) in [6.45, 7) is 10.4. The maximum absolute atomic E-state index is 12.7. The van der Waals surface area contributed by atoms with Gasteiger partial charge in [0.1, 0.15) is 0 Å². The Balaban J connectivity index is 2.08. The van der Waals surface area contributed by atoms with E-state index in [1.807, 2.05) is 31.2 Å². The lowest BCUT2D eigenvalue weighted by Gasteiger charge is -2.21. The van der Waals surface area contributed by atoms with Crippen molar-refractivity contribution >= 4 is 29.3 Å². The normalized spacial score (nSPS) is 13.4. The van der Waals surface area contributed by atoms with Crippen LogP contribution in [-0.2, 0) is 4.79 Å². The highest BCUT2D eigenvalue weighted by Crippen LogP contribution is 2.28. The molecule has 2 atom stereocenters. The molecule has 0 unspecified atom stereocenters. The molecule has 0 saturated heterocycles. The van der Waals surface area contributed by atoms with Gasteiger partial charge < -0.3 is 5.32 Å². The van der Waals surface area contributed by atoms with E-state index in [0.717, 1.165) is 11.3 Å².